The molecule has 3 N–H and O–H groups in total. The van der Waals surface area contributed by atoms with Gasteiger partial charge in [0, 0.05) is 45.0 Å². The normalized spacial score (nSPS) is 19.8. The Hall–Kier alpha value is -2.02. The highest BCUT2D eigenvalue weighted by Gasteiger charge is 2.40. The zero-order valence-corrected chi connectivity index (χ0v) is 21.7. The van der Waals surface area contributed by atoms with Crippen LogP contribution in [-0.4, -0.2) is 84.4 Å². The quantitative estimate of drug-likeness (QED) is 0.298. The number of nitrogens with one attached hydrogen (secondary N) is 1. The number of ether oxygens (including phenoxy) is 2. The molecule has 0 heterocycles. The van der Waals surface area contributed by atoms with E-state index in [4.69, 9.17) is 14.6 Å². The van der Waals surface area contributed by atoms with Crippen LogP contribution in [0.3, 0.4) is 0 Å². The van der Waals surface area contributed by atoms with Crippen LogP contribution in [0, 0.1) is 3.57 Å². The SMILES string of the molecule is COCCN(C(=O)CCCC(C)=O)[C@@H]1CC(C(=O)NCCO)=C[C@H](Oc2ccccc2I)[C@H]1O. The summed E-state index contributed by atoms with van der Waals surface area (Å²) in [7, 11) is 1.52. The lowest BCUT2D eigenvalue weighted by Crippen LogP contribution is -2.55. The highest BCUT2D eigenvalue weighted by atomic mass is 127. The summed E-state index contributed by atoms with van der Waals surface area (Å²) in [6, 6.07) is 6.58. The van der Waals surface area contributed by atoms with Crippen LogP contribution in [0.25, 0.3) is 0 Å². The summed E-state index contributed by atoms with van der Waals surface area (Å²) in [5.41, 5.74) is 0.360. The fourth-order valence-corrected chi connectivity index (χ4v) is 4.28. The molecule has 0 fully saturated rings. The van der Waals surface area contributed by atoms with Crippen molar-refractivity contribution in [2.45, 2.75) is 50.9 Å². The number of aliphatic hydroxyl groups excluding tert-OH is 2. The van der Waals surface area contributed by atoms with E-state index < -0.39 is 24.2 Å². The van der Waals surface area contributed by atoms with Crippen molar-refractivity contribution in [2.75, 3.05) is 33.4 Å². The Balaban J connectivity index is 2.33. The number of para-hydroxylation sites is 1. The van der Waals surface area contributed by atoms with Crippen LogP contribution >= 0.6 is 22.6 Å². The van der Waals surface area contributed by atoms with E-state index in [1.807, 2.05) is 18.2 Å². The van der Waals surface area contributed by atoms with E-state index in [-0.39, 0.29) is 50.8 Å². The van der Waals surface area contributed by atoms with Gasteiger partial charge in [-0.15, -0.1) is 0 Å². The highest BCUT2D eigenvalue weighted by Crippen LogP contribution is 2.30. The molecule has 2 rings (SSSR count). The van der Waals surface area contributed by atoms with Gasteiger partial charge in [0.2, 0.25) is 11.8 Å². The molecule has 1 aromatic carbocycles. The molecule has 9 nitrogen and oxygen atoms in total. The average Bonchev–Trinajstić information content (AvgIpc) is 2.80. The number of halogens is 1. The molecule has 1 aromatic rings. The molecular weight excluding hydrogens is 555 g/mol. The van der Waals surface area contributed by atoms with Crippen molar-refractivity contribution in [2.24, 2.45) is 0 Å². The maximum Gasteiger partial charge on any atom is 0.247 e. The Kier molecular flexibility index (Phi) is 11.9. The molecule has 1 aliphatic carbocycles. The van der Waals surface area contributed by atoms with Crippen molar-refractivity contribution < 1.29 is 34.1 Å². The first-order valence-corrected chi connectivity index (χ1v) is 12.3. The van der Waals surface area contributed by atoms with E-state index in [9.17, 15) is 19.5 Å². The van der Waals surface area contributed by atoms with Crippen LogP contribution in [0.15, 0.2) is 35.9 Å². The van der Waals surface area contributed by atoms with E-state index in [0.717, 1.165) is 3.57 Å². The first kappa shape index (κ1) is 28.2. The number of nitrogens with zero attached hydrogens (tertiary/aromatic N) is 1. The van der Waals surface area contributed by atoms with Crippen LogP contribution in [0.5, 0.6) is 5.75 Å². The zero-order chi connectivity index (χ0) is 25.1. The average molecular weight is 588 g/mol. The Morgan fingerprint density at radius 2 is 1.97 bits per heavy atom. The molecule has 34 heavy (non-hydrogen) atoms. The summed E-state index contributed by atoms with van der Waals surface area (Å²) in [6.07, 6.45) is 0.563. The predicted octanol–water partition coefficient (Wildman–Crippen LogP) is 1.44. The number of amides is 2. The summed E-state index contributed by atoms with van der Waals surface area (Å²) in [4.78, 5) is 38.6. The molecule has 0 spiro atoms. The number of methoxy groups -OCH3 is 1. The number of benzene rings is 1. The zero-order valence-electron chi connectivity index (χ0n) is 19.5. The third-order valence-corrected chi connectivity index (χ3v) is 6.38. The third kappa shape index (κ3) is 8.33. The van der Waals surface area contributed by atoms with Crippen LogP contribution in [0.2, 0.25) is 0 Å². The molecule has 0 radical (unpaired) electrons. The minimum Gasteiger partial charge on any atom is -0.482 e. The van der Waals surface area contributed by atoms with Crippen molar-refractivity contribution in [3.8, 4) is 5.75 Å². The van der Waals surface area contributed by atoms with Gasteiger partial charge < -0.3 is 34.7 Å². The fourth-order valence-electron chi connectivity index (χ4n) is 3.76. The largest absolute Gasteiger partial charge is 0.482 e. The van der Waals surface area contributed by atoms with Gasteiger partial charge in [-0.3, -0.25) is 9.59 Å². The lowest BCUT2D eigenvalue weighted by molar-refractivity contribution is -0.139. The second-order valence-electron chi connectivity index (χ2n) is 8.08. The van der Waals surface area contributed by atoms with Gasteiger partial charge in [0.15, 0.2) is 0 Å². The van der Waals surface area contributed by atoms with Gasteiger partial charge in [-0.1, -0.05) is 12.1 Å². The van der Waals surface area contributed by atoms with E-state index >= 15 is 0 Å². The van der Waals surface area contributed by atoms with Crippen LogP contribution in [0.4, 0.5) is 0 Å². The van der Waals surface area contributed by atoms with Crippen molar-refractivity contribution in [3.63, 3.8) is 0 Å². The molecular formula is C24H33IN2O7. The second kappa shape index (κ2) is 14.4. The number of carbonyl (C=O) groups is 3. The Labute approximate surface area is 213 Å². The van der Waals surface area contributed by atoms with Gasteiger partial charge in [-0.05, 0) is 54.1 Å². The highest BCUT2D eigenvalue weighted by molar-refractivity contribution is 14.1. The lowest BCUT2D eigenvalue weighted by Gasteiger charge is -2.40. The number of hydrogen-bond donors (Lipinski definition) is 3. The number of Topliss-reactive ketones (excluding diaryl/α,β-unsaturated/α-hetero) is 1. The first-order valence-electron chi connectivity index (χ1n) is 11.2. The monoisotopic (exact) mass is 588 g/mol. The number of aliphatic hydroxyl groups is 2. The fraction of sp³-hybridized carbons (Fsp3) is 0.542. The molecule has 0 unspecified atom stereocenters. The molecule has 0 bridgehead atoms. The molecule has 2 amide bonds. The molecule has 0 saturated carbocycles. The molecule has 188 valence electrons. The minimum absolute atomic E-state index is 0.00523. The summed E-state index contributed by atoms with van der Waals surface area (Å²) in [5, 5.41) is 23.0. The molecule has 1 aliphatic rings. The minimum atomic E-state index is -1.10. The Morgan fingerprint density at radius 1 is 1.24 bits per heavy atom. The van der Waals surface area contributed by atoms with Gasteiger partial charge >= 0.3 is 0 Å². The van der Waals surface area contributed by atoms with E-state index in [1.54, 1.807) is 12.1 Å². The second-order valence-corrected chi connectivity index (χ2v) is 9.24. The molecule has 0 saturated heterocycles. The van der Waals surface area contributed by atoms with Crippen molar-refractivity contribution >= 4 is 40.2 Å². The van der Waals surface area contributed by atoms with Gasteiger partial charge in [0.1, 0.15) is 23.7 Å². The lowest BCUT2D eigenvalue weighted by atomic mass is 9.88. The van der Waals surface area contributed by atoms with Crippen molar-refractivity contribution in [3.05, 3.63) is 39.5 Å². The summed E-state index contributed by atoms with van der Waals surface area (Å²) in [5.74, 6) is -0.0634. The third-order valence-electron chi connectivity index (χ3n) is 5.49. The topological polar surface area (TPSA) is 125 Å². The van der Waals surface area contributed by atoms with E-state index in [2.05, 4.69) is 27.9 Å². The van der Waals surface area contributed by atoms with Gasteiger partial charge in [-0.25, -0.2) is 0 Å². The molecule has 3 atom stereocenters. The van der Waals surface area contributed by atoms with E-state index in [1.165, 1.54) is 18.9 Å². The number of carbonyl (C=O) groups excluding carboxylic acids is 3. The van der Waals surface area contributed by atoms with E-state index in [0.29, 0.717) is 24.2 Å². The molecule has 10 heteroatoms. The standard InChI is InChI=1S/C24H33IN2O7/c1-16(29)6-5-9-22(30)27(11-13-33-2)19-14-17(24(32)26-10-12-28)15-21(23(19)31)34-20-8-4-3-7-18(20)25/h3-4,7-8,15,19,21,23,28,31H,5-6,9-14H2,1-2H3,(H,26,32)/t19-,21+,23+/m1/s1. The van der Waals surface area contributed by atoms with Gasteiger partial charge in [-0.2, -0.15) is 0 Å². The van der Waals surface area contributed by atoms with Crippen LogP contribution in [-0.2, 0) is 19.1 Å². The van der Waals surface area contributed by atoms with Crippen LogP contribution < -0.4 is 10.1 Å². The molecule has 0 aromatic heterocycles. The van der Waals surface area contributed by atoms with Crippen molar-refractivity contribution in [1.82, 2.24) is 10.2 Å². The first-order chi connectivity index (χ1) is 16.3. The Bertz CT molecular complexity index is 877. The predicted molar refractivity (Wildman–Crippen MR) is 134 cm³/mol. The van der Waals surface area contributed by atoms with Crippen molar-refractivity contribution in [1.29, 1.82) is 0 Å². The number of ketones is 1. The van der Waals surface area contributed by atoms with Gasteiger partial charge in [0.25, 0.3) is 0 Å². The number of hydrogen-bond acceptors (Lipinski definition) is 7. The smallest absolute Gasteiger partial charge is 0.247 e. The summed E-state index contributed by atoms with van der Waals surface area (Å²) >= 11 is 2.13. The number of rotatable bonds is 13. The molecule has 0 aliphatic heterocycles. The summed E-state index contributed by atoms with van der Waals surface area (Å²) < 4.78 is 12.1. The maximum atomic E-state index is 13.1. The summed E-state index contributed by atoms with van der Waals surface area (Å²) in [6.45, 7) is 1.83. The van der Waals surface area contributed by atoms with Gasteiger partial charge in [0.05, 0.1) is 22.8 Å². The Morgan fingerprint density at radius 3 is 2.62 bits per heavy atom. The van der Waals surface area contributed by atoms with Crippen LogP contribution in [0.1, 0.15) is 32.6 Å². The maximum absolute atomic E-state index is 13.1.